The van der Waals surface area contributed by atoms with E-state index in [9.17, 15) is 14.4 Å². The molecule has 0 heterocycles. The van der Waals surface area contributed by atoms with Crippen molar-refractivity contribution in [3.8, 4) is 5.75 Å². The van der Waals surface area contributed by atoms with Crippen molar-refractivity contribution in [2.24, 2.45) is 5.92 Å². The van der Waals surface area contributed by atoms with Crippen LogP contribution in [0.2, 0.25) is 0 Å². The van der Waals surface area contributed by atoms with Crippen molar-refractivity contribution in [1.82, 2.24) is 5.32 Å². The lowest BCUT2D eigenvalue weighted by Gasteiger charge is -2.07. The second-order valence-electron chi connectivity index (χ2n) is 4.75. The van der Waals surface area contributed by atoms with Crippen LogP contribution in [0.15, 0.2) is 24.3 Å². The summed E-state index contributed by atoms with van der Waals surface area (Å²) in [5, 5.41) is 2.67. The van der Waals surface area contributed by atoms with Crippen LogP contribution in [0.25, 0.3) is 0 Å². The molecule has 1 aromatic carbocycles. The van der Waals surface area contributed by atoms with Gasteiger partial charge in [-0.25, -0.2) is 0 Å². The molecular formula is C15H19NO4. The Labute approximate surface area is 118 Å². The molecule has 0 atom stereocenters. The molecule has 0 aliphatic heterocycles. The summed E-state index contributed by atoms with van der Waals surface area (Å²) in [4.78, 5) is 34.1. The smallest absolute Gasteiger partial charge is 0.308 e. The first kappa shape index (κ1) is 15.9. The topological polar surface area (TPSA) is 72.5 Å². The van der Waals surface area contributed by atoms with Crippen molar-refractivity contribution in [3.63, 3.8) is 0 Å². The van der Waals surface area contributed by atoms with Gasteiger partial charge in [0.1, 0.15) is 11.5 Å². The minimum Gasteiger partial charge on any atom is -0.427 e. The third-order valence-corrected chi connectivity index (χ3v) is 2.66. The van der Waals surface area contributed by atoms with E-state index in [0.717, 1.165) is 0 Å². The van der Waals surface area contributed by atoms with E-state index < -0.39 is 5.97 Å². The monoisotopic (exact) mass is 277 g/mol. The number of hydrogen-bond donors (Lipinski definition) is 1. The van der Waals surface area contributed by atoms with Gasteiger partial charge in [-0.05, 0) is 18.2 Å². The van der Waals surface area contributed by atoms with Gasteiger partial charge in [0, 0.05) is 31.4 Å². The highest BCUT2D eigenvalue weighted by molar-refractivity contribution is 5.95. The first-order valence-electron chi connectivity index (χ1n) is 6.49. The summed E-state index contributed by atoms with van der Waals surface area (Å²) >= 11 is 0. The molecule has 0 aliphatic carbocycles. The number of carbonyl (C=O) groups excluding carboxylic acids is 3. The Morgan fingerprint density at radius 1 is 1.25 bits per heavy atom. The van der Waals surface area contributed by atoms with Crippen LogP contribution in [0.5, 0.6) is 5.75 Å². The van der Waals surface area contributed by atoms with Gasteiger partial charge >= 0.3 is 5.97 Å². The summed E-state index contributed by atoms with van der Waals surface area (Å²) in [6, 6.07) is 6.33. The van der Waals surface area contributed by atoms with Crippen molar-refractivity contribution in [2.75, 3.05) is 6.54 Å². The van der Waals surface area contributed by atoms with Gasteiger partial charge < -0.3 is 10.1 Å². The van der Waals surface area contributed by atoms with Crippen LogP contribution >= 0.6 is 0 Å². The van der Waals surface area contributed by atoms with Crippen LogP contribution < -0.4 is 10.1 Å². The van der Waals surface area contributed by atoms with Gasteiger partial charge in [0.15, 0.2) is 0 Å². The molecule has 0 bridgehead atoms. The molecule has 1 aromatic rings. The number of ether oxygens (including phenoxy) is 1. The minimum atomic E-state index is -0.440. The van der Waals surface area contributed by atoms with Crippen LogP contribution in [0.4, 0.5) is 0 Å². The highest BCUT2D eigenvalue weighted by Gasteiger charge is 2.10. The molecule has 1 rings (SSSR count). The number of hydrogen-bond acceptors (Lipinski definition) is 4. The predicted molar refractivity (Wildman–Crippen MR) is 74.5 cm³/mol. The molecule has 5 heteroatoms. The van der Waals surface area contributed by atoms with E-state index in [2.05, 4.69) is 5.32 Å². The molecule has 0 aliphatic rings. The van der Waals surface area contributed by atoms with E-state index in [1.54, 1.807) is 18.2 Å². The van der Waals surface area contributed by atoms with Crippen molar-refractivity contribution < 1.29 is 19.1 Å². The Morgan fingerprint density at radius 3 is 2.55 bits per heavy atom. The fourth-order valence-electron chi connectivity index (χ4n) is 1.56. The van der Waals surface area contributed by atoms with Crippen molar-refractivity contribution in [3.05, 3.63) is 29.8 Å². The second-order valence-corrected chi connectivity index (χ2v) is 4.75. The maximum absolute atomic E-state index is 11.9. The molecule has 0 saturated heterocycles. The number of Topliss-reactive ketones (excluding diaryl/α,β-unsaturated/α-hetero) is 1. The number of rotatable bonds is 6. The van der Waals surface area contributed by atoms with Gasteiger partial charge in [-0.1, -0.05) is 19.9 Å². The largest absolute Gasteiger partial charge is 0.427 e. The maximum Gasteiger partial charge on any atom is 0.308 e. The summed E-state index contributed by atoms with van der Waals surface area (Å²) in [7, 11) is 0. The zero-order valence-corrected chi connectivity index (χ0v) is 11.9. The third-order valence-electron chi connectivity index (χ3n) is 2.66. The molecule has 0 unspecified atom stereocenters. The molecule has 20 heavy (non-hydrogen) atoms. The first-order chi connectivity index (χ1) is 9.40. The van der Waals surface area contributed by atoms with Crippen LogP contribution in [0.1, 0.15) is 37.6 Å². The van der Waals surface area contributed by atoms with E-state index in [1.165, 1.54) is 13.0 Å². The van der Waals surface area contributed by atoms with E-state index in [0.29, 0.717) is 24.3 Å². The zero-order chi connectivity index (χ0) is 15.1. The zero-order valence-electron chi connectivity index (χ0n) is 11.9. The lowest BCUT2D eigenvalue weighted by atomic mass is 10.1. The standard InChI is InChI=1S/C15H19NO4/c1-10(2)14(18)7-8-16-15(19)12-5-4-6-13(9-12)20-11(3)17/h4-6,9-10H,7-8H2,1-3H3,(H,16,19). The van der Waals surface area contributed by atoms with E-state index >= 15 is 0 Å². The number of esters is 1. The summed E-state index contributed by atoms with van der Waals surface area (Å²) in [6.45, 7) is 5.25. The number of ketones is 1. The summed E-state index contributed by atoms with van der Waals surface area (Å²) in [6.07, 6.45) is 0.313. The highest BCUT2D eigenvalue weighted by Crippen LogP contribution is 2.13. The van der Waals surface area contributed by atoms with Gasteiger partial charge in [0.05, 0.1) is 0 Å². The van der Waals surface area contributed by atoms with Crippen LogP contribution in [-0.2, 0) is 9.59 Å². The van der Waals surface area contributed by atoms with Crippen molar-refractivity contribution in [1.29, 1.82) is 0 Å². The lowest BCUT2D eigenvalue weighted by Crippen LogP contribution is -2.27. The van der Waals surface area contributed by atoms with E-state index in [4.69, 9.17) is 4.74 Å². The summed E-state index contributed by atoms with van der Waals surface area (Å²) in [5.41, 5.74) is 0.390. The molecule has 0 fully saturated rings. The molecular weight excluding hydrogens is 258 g/mol. The molecule has 0 saturated carbocycles. The number of amides is 1. The van der Waals surface area contributed by atoms with Gasteiger partial charge in [-0.2, -0.15) is 0 Å². The van der Waals surface area contributed by atoms with Crippen LogP contribution in [0, 0.1) is 5.92 Å². The van der Waals surface area contributed by atoms with Gasteiger partial charge in [0.25, 0.3) is 5.91 Å². The van der Waals surface area contributed by atoms with Gasteiger partial charge in [-0.15, -0.1) is 0 Å². The average Bonchev–Trinajstić information content (AvgIpc) is 2.37. The highest BCUT2D eigenvalue weighted by atomic mass is 16.5. The Balaban J connectivity index is 2.55. The molecule has 1 amide bonds. The normalized spacial score (nSPS) is 10.2. The van der Waals surface area contributed by atoms with E-state index in [-0.39, 0.29) is 17.6 Å². The molecule has 5 nitrogen and oxygen atoms in total. The maximum atomic E-state index is 11.9. The molecule has 108 valence electrons. The van der Waals surface area contributed by atoms with Gasteiger partial charge in [-0.3, -0.25) is 14.4 Å². The third kappa shape index (κ3) is 5.22. The molecule has 0 radical (unpaired) electrons. The molecule has 1 N–H and O–H groups in total. The Bertz CT molecular complexity index is 508. The number of benzene rings is 1. The lowest BCUT2D eigenvalue weighted by molar-refractivity contribution is -0.131. The molecule has 0 aromatic heterocycles. The summed E-state index contributed by atoms with van der Waals surface area (Å²) in [5.74, 6) is -0.331. The number of carbonyl (C=O) groups is 3. The summed E-state index contributed by atoms with van der Waals surface area (Å²) < 4.78 is 4.91. The SMILES string of the molecule is CC(=O)Oc1cccc(C(=O)NCCC(=O)C(C)C)c1. The Morgan fingerprint density at radius 2 is 1.95 bits per heavy atom. The van der Waals surface area contributed by atoms with E-state index in [1.807, 2.05) is 13.8 Å². The minimum absolute atomic E-state index is 0.0285. The Hall–Kier alpha value is -2.17. The fourth-order valence-corrected chi connectivity index (χ4v) is 1.56. The molecule has 0 spiro atoms. The fraction of sp³-hybridized carbons (Fsp3) is 0.400. The Kier molecular flexibility index (Phi) is 5.90. The van der Waals surface area contributed by atoms with Crippen LogP contribution in [0.3, 0.4) is 0 Å². The average molecular weight is 277 g/mol. The number of nitrogens with one attached hydrogen (secondary N) is 1. The van der Waals surface area contributed by atoms with Gasteiger partial charge in [0.2, 0.25) is 0 Å². The van der Waals surface area contributed by atoms with Crippen LogP contribution in [-0.4, -0.2) is 24.2 Å². The van der Waals surface area contributed by atoms with Crippen molar-refractivity contribution in [2.45, 2.75) is 27.2 Å². The second kappa shape index (κ2) is 7.43. The predicted octanol–water partition coefficient (Wildman–Crippen LogP) is 1.96. The van der Waals surface area contributed by atoms with Crippen molar-refractivity contribution >= 4 is 17.7 Å². The quantitative estimate of drug-likeness (QED) is 0.637. The first-order valence-corrected chi connectivity index (χ1v) is 6.49.